The molecule has 2 aliphatic carbocycles. The Morgan fingerprint density at radius 1 is 1.13 bits per heavy atom. The smallest absolute Gasteiger partial charge is 0.274 e. The van der Waals surface area contributed by atoms with Crippen molar-refractivity contribution in [3.63, 3.8) is 0 Å². The second-order valence-electron chi connectivity index (χ2n) is 8.21. The van der Waals surface area contributed by atoms with Gasteiger partial charge in [-0.15, -0.1) is 0 Å². The monoisotopic (exact) mass is 427 g/mol. The lowest BCUT2D eigenvalue weighted by Crippen LogP contribution is -2.34. The van der Waals surface area contributed by atoms with Crippen LogP contribution in [0.3, 0.4) is 0 Å². The largest absolute Gasteiger partial charge is 0.361 e. The van der Waals surface area contributed by atoms with Gasteiger partial charge in [0.2, 0.25) is 0 Å². The molecule has 4 N–H and O–H groups in total. The summed E-state index contributed by atoms with van der Waals surface area (Å²) >= 11 is 0. The summed E-state index contributed by atoms with van der Waals surface area (Å²) in [7, 11) is -3.65. The molecule has 0 bridgehead atoms. The summed E-state index contributed by atoms with van der Waals surface area (Å²) in [6.45, 7) is 0.366. The van der Waals surface area contributed by atoms with Crippen LogP contribution >= 0.6 is 0 Å². The molecule has 0 unspecified atom stereocenters. The van der Waals surface area contributed by atoms with Crippen molar-refractivity contribution in [1.82, 2.24) is 24.2 Å². The topological polar surface area (TPSA) is 128 Å². The third-order valence-corrected chi connectivity index (χ3v) is 6.85. The van der Waals surface area contributed by atoms with Gasteiger partial charge in [0.25, 0.3) is 10.2 Å². The van der Waals surface area contributed by atoms with Gasteiger partial charge in [-0.2, -0.15) is 8.42 Å². The van der Waals surface area contributed by atoms with E-state index >= 15 is 0 Å². The van der Waals surface area contributed by atoms with E-state index in [1.807, 2.05) is 6.33 Å². The number of benzene rings is 1. The predicted molar refractivity (Wildman–Crippen MR) is 114 cm³/mol. The van der Waals surface area contributed by atoms with Gasteiger partial charge in [0.1, 0.15) is 11.8 Å². The number of hydrogen-bond donors (Lipinski definition) is 3. The van der Waals surface area contributed by atoms with Gasteiger partial charge < -0.3 is 9.88 Å². The Labute approximate surface area is 175 Å². The van der Waals surface area contributed by atoms with Gasteiger partial charge in [0.05, 0.1) is 12.4 Å². The number of hydrogen-bond acceptors (Lipinski definition) is 6. The highest BCUT2D eigenvalue weighted by Crippen LogP contribution is 2.37. The molecule has 10 heteroatoms. The van der Waals surface area contributed by atoms with Crippen LogP contribution < -0.4 is 15.2 Å². The average molecular weight is 428 g/mol. The van der Waals surface area contributed by atoms with Crippen LogP contribution in [0.25, 0.3) is 11.2 Å². The number of fused-ring (bicyclic) bond motifs is 2. The molecule has 0 radical (unpaired) electrons. The van der Waals surface area contributed by atoms with Crippen molar-refractivity contribution in [1.29, 1.82) is 0 Å². The van der Waals surface area contributed by atoms with E-state index < -0.39 is 10.2 Å². The van der Waals surface area contributed by atoms with E-state index in [2.05, 4.69) is 53.8 Å². The minimum absolute atomic E-state index is 0.226. The number of aryl methyl sites for hydroxylation is 1. The molecule has 3 aromatic rings. The lowest BCUT2D eigenvalue weighted by molar-refractivity contribution is 0.475. The first-order chi connectivity index (χ1) is 14.5. The lowest BCUT2D eigenvalue weighted by atomic mass is 10.1. The van der Waals surface area contributed by atoms with Gasteiger partial charge in [-0.1, -0.05) is 24.3 Å². The van der Waals surface area contributed by atoms with Gasteiger partial charge in [0, 0.05) is 12.6 Å². The van der Waals surface area contributed by atoms with Crippen molar-refractivity contribution in [3.8, 4) is 0 Å². The molecule has 158 valence electrons. The highest BCUT2D eigenvalue weighted by Gasteiger charge is 2.29. The normalized spacial score (nSPS) is 23.7. The van der Waals surface area contributed by atoms with Crippen LogP contribution in [0, 0.1) is 5.92 Å². The Bertz CT molecular complexity index is 1180. The number of nitrogens with two attached hydrogens (primary N) is 1. The fourth-order valence-electron chi connectivity index (χ4n) is 4.82. The van der Waals surface area contributed by atoms with Gasteiger partial charge in [-0.3, -0.25) is 0 Å². The SMILES string of the molecule is NS(=O)(=O)NC[C@@H]1CC[C@H](n2cnc3c(N[C@H]4CCc5ccccc54)ncnc32)C1. The fraction of sp³-hybridized carbons (Fsp3) is 0.450. The van der Waals surface area contributed by atoms with Crippen LogP contribution in [0.2, 0.25) is 0 Å². The molecular weight excluding hydrogens is 402 g/mol. The molecule has 5 rings (SSSR count). The van der Waals surface area contributed by atoms with Gasteiger partial charge in [-0.25, -0.2) is 24.8 Å². The Morgan fingerprint density at radius 3 is 2.87 bits per heavy atom. The van der Waals surface area contributed by atoms with E-state index in [1.54, 1.807) is 6.33 Å². The first-order valence-corrected chi connectivity index (χ1v) is 11.8. The van der Waals surface area contributed by atoms with Gasteiger partial charge >= 0.3 is 0 Å². The summed E-state index contributed by atoms with van der Waals surface area (Å²) in [5.74, 6) is 1.01. The van der Waals surface area contributed by atoms with Crippen LogP contribution in [0.1, 0.15) is 48.9 Å². The summed E-state index contributed by atoms with van der Waals surface area (Å²) in [5, 5.41) is 8.62. The Morgan fingerprint density at radius 2 is 2.00 bits per heavy atom. The van der Waals surface area contributed by atoms with Crippen LogP contribution in [0.4, 0.5) is 5.82 Å². The maximum Gasteiger partial charge on any atom is 0.274 e. The minimum Gasteiger partial charge on any atom is -0.361 e. The molecule has 1 saturated carbocycles. The summed E-state index contributed by atoms with van der Waals surface area (Å²) in [6, 6.07) is 8.97. The third kappa shape index (κ3) is 3.78. The number of aromatic nitrogens is 4. The molecule has 3 atom stereocenters. The number of nitrogens with one attached hydrogen (secondary N) is 2. The highest BCUT2D eigenvalue weighted by molar-refractivity contribution is 7.87. The van der Waals surface area contributed by atoms with E-state index in [-0.39, 0.29) is 18.0 Å². The molecule has 30 heavy (non-hydrogen) atoms. The molecular formula is C20H25N7O2S. The molecule has 2 heterocycles. The van der Waals surface area contributed by atoms with Crippen LogP contribution in [0.15, 0.2) is 36.9 Å². The maximum atomic E-state index is 11.2. The standard InChI is InChI=1S/C20H25N7O2S/c21-30(28,29)25-10-13-5-7-15(9-13)27-12-24-18-19(22-11-23-20(18)27)26-17-8-6-14-3-1-2-4-16(14)17/h1-4,11-13,15,17,25H,5-10H2,(H2,21,28,29)(H,22,23,26)/t13-,15+,17+/m1/s1. The maximum absolute atomic E-state index is 11.2. The number of rotatable bonds is 6. The van der Waals surface area contributed by atoms with Crippen LogP contribution in [-0.4, -0.2) is 34.5 Å². The Hall–Kier alpha value is -2.56. The van der Waals surface area contributed by atoms with E-state index in [4.69, 9.17) is 5.14 Å². The summed E-state index contributed by atoms with van der Waals surface area (Å²) in [6.07, 6.45) is 8.25. The van der Waals surface area contributed by atoms with Crippen molar-refractivity contribution in [2.24, 2.45) is 11.1 Å². The fourth-order valence-corrected chi connectivity index (χ4v) is 5.29. The second kappa shape index (κ2) is 7.60. The summed E-state index contributed by atoms with van der Waals surface area (Å²) in [4.78, 5) is 13.6. The van der Waals surface area contributed by atoms with Gasteiger partial charge in [-0.05, 0) is 49.1 Å². The first-order valence-electron chi connectivity index (χ1n) is 10.3. The zero-order chi connectivity index (χ0) is 20.7. The average Bonchev–Trinajstić information content (AvgIpc) is 3.44. The van der Waals surface area contributed by atoms with Crippen LogP contribution in [0.5, 0.6) is 0 Å². The minimum atomic E-state index is -3.65. The van der Waals surface area contributed by atoms with E-state index in [0.29, 0.717) is 6.54 Å². The molecule has 0 aliphatic heterocycles. The zero-order valence-electron chi connectivity index (χ0n) is 16.5. The molecule has 0 amide bonds. The summed E-state index contributed by atoms with van der Waals surface area (Å²) in [5.41, 5.74) is 4.29. The summed E-state index contributed by atoms with van der Waals surface area (Å²) < 4.78 is 26.8. The molecule has 2 aromatic heterocycles. The molecule has 0 spiro atoms. The van der Waals surface area contributed by atoms with Crippen LogP contribution in [-0.2, 0) is 16.6 Å². The van der Waals surface area contributed by atoms with E-state index in [9.17, 15) is 8.42 Å². The lowest BCUT2D eigenvalue weighted by Gasteiger charge is -2.16. The third-order valence-electron chi connectivity index (χ3n) is 6.28. The zero-order valence-corrected chi connectivity index (χ0v) is 17.3. The van der Waals surface area contributed by atoms with E-state index in [0.717, 1.165) is 49.1 Å². The quantitative estimate of drug-likeness (QED) is 0.552. The Balaban J connectivity index is 1.35. The van der Waals surface area contributed by atoms with Crippen molar-refractivity contribution >= 4 is 27.2 Å². The second-order valence-corrected chi connectivity index (χ2v) is 9.59. The van der Waals surface area contributed by atoms with Crippen molar-refractivity contribution < 1.29 is 8.42 Å². The van der Waals surface area contributed by atoms with Crippen molar-refractivity contribution in [2.45, 2.75) is 44.2 Å². The molecule has 0 saturated heterocycles. The van der Waals surface area contributed by atoms with Gasteiger partial charge in [0.15, 0.2) is 11.5 Å². The molecule has 9 nitrogen and oxygen atoms in total. The molecule has 1 fully saturated rings. The molecule has 2 aliphatic rings. The Kier molecular flexibility index (Phi) is 4.92. The van der Waals surface area contributed by atoms with E-state index in [1.165, 1.54) is 11.1 Å². The van der Waals surface area contributed by atoms with Crippen molar-refractivity contribution in [2.75, 3.05) is 11.9 Å². The number of anilines is 1. The predicted octanol–water partition coefficient (Wildman–Crippen LogP) is 2.06. The highest BCUT2D eigenvalue weighted by atomic mass is 32.2. The number of imidazole rings is 1. The number of nitrogens with zero attached hydrogens (tertiary/aromatic N) is 4. The van der Waals surface area contributed by atoms with Crippen molar-refractivity contribution in [3.05, 3.63) is 48.0 Å². The first kappa shape index (κ1) is 19.4. The molecule has 1 aromatic carbocycles.